The van der Waals surface area contributed by atoms with Crippen molar-refractivity contribution >= 4 is 11.8 Å². The molecule has 0 unspecified atom stereocenters. The first-order valence-corrected chi connectivity index (χ1v) is 2.85. The molecule has 1 rings (SSSR count). The molecule has 0 aliphatic carbocycles. The van der Waals surface area contributed by atoms with Crippen molar-refractivity contribution in [2.45, 2.75) is 18.6 Å². The smallest absolute Gasteiger partial charge is 0.255 e. The zero-order valence-electron chi connectivity index (χ0n) is 5.13. The fraction of sp³-hybridized carbons (Fsp3) is 0.600. The van der Waals surface area contributed by atoms with E-state index in [4.69, 9.17) is 5.73 Å². The molecular weight excluding hydrogens is 139 g/mol. The van der Waals surface area contributed by atoms with E-state index in [1.807, 2.05) is 0 Å². The van der Waals surface area contributed by atoms with Crippen LogP contribution in [-0.2, 0) is 9.59 Å². The first kappa shape index (κ1) is 6.98. The van der Waals surface area contributed by atoms with Crippen LogP contribution in [0.25, 0.3) is 0 Å². The zero-order chi connectivity index (χ0) is 7.72. The minimum Gasteiger partial charge on any atom is -0.368 e. The van der Waals surface area contributed by atoms with E-state index in [9.17, 15) is 14.0 Å². The molecule has 4 nitrogen and oxygen atoms in total. The molecule has 3 N–H and O–H groups in total. The van der Waals surface area contributed by atoms with Gasteiger partial charge in [-0.2, -0.15) is 0 Å². The van der Waals surface area contributed by atoms with Crippen LogP contribution in [0, 0.1) is 0 Å². The fourth-order valence-electron chi connectivity index (χ4n) is 0.822. The van der Waals surface area contributed by atoms with E-state index in [-0.39, 0.29) is 6.42 Å². The molecule has 5 heteroatoms. The predicted octanol–water partition coefficient (Wildman–Crippen LogP) is -1.30. The van der Waals surface area contributed by atoms with Crippen molar-refractivity contribution in [2.75, 3.05) is 0 Å². The zero-order valence-corrected chi connectivity index (χ0v) is 5.13. The number of nitrogens with one attached hydrogen (secondary N) is 1. The van der Waals surface area contributed by atoms with Gasteiger partial charge in [-0.3, -0.25) is 9.59 Å². The third kappa shape index (κ3) is 1.07. The molecule has 1 aliphatic heterocycles. The van der Waals surface area contributed by atoms with Crippen LogP contribution in [0.15, 0.2) is 0 Å². The van der Waals surface area contributed by atoms with Crippen LogP contribution in [0.5, 0.6) is 0 Å². The lowest BCUT2D eigenvalue weighted by molar-refractivity contribution is -0.125. The molecular formula is C5H7FN2O2. The molecule has 1 fully saturated rings. The summed E-state index contributed by atoms with van der Waals surface area (Å²) in [5.74, 6) is -1.43. The molecule has 0 bridgehead atoms. The normalized spacial score (nSPS) is 31.9. The molecule has 0 aromatic heterocycles. The Labute approximate surface area is 56.6 Å². The average molecular weight is 146 g/mol. The molecule has 0 radical (unpaired) electrons. The highest BCUT2D eigenvalue weighted by Crippen LogP contribution is 2.10. The maximum atomic E-state index is 12.3. The van der Waals surface area contributed by atoms with Gasteiger partial charge in [0.1, 0.15) is 6.04 Å². The third-order valence-electron chi connectivity index (χ3n) is 1.39. The Balaban J connectivity index is 2.57. The summed E-state index contributed by atoms with van der Waals surface area (Å²) in [5.41, 5.74) is 4.80. The Hall–Kier alpha value is -1.13. The van der Waals surface area contributed by atoms with Gasteiger partial charge in [0, 0.05) is 6.42 Å². The van der Waals surface area contributed by atoms with E-state index in [1.54, 1.807) is 0 Å². The summed E-state index contributed by atoms with van der Waals surface area (Å²) < 4.78 is 12.3. The summed E-state index contributed by atoms with van der Waals surface area (Å²) >= 11 is 0. The summed E-state index contributed by atoms with van der Waals surface area (Å²) in [7, 11) is 0. The summed E-state index contributed by atoms with van der Waals surface area (Å²) in [4.78, 5) is 20.7. The summed E-state index contributed by atoms with van der Waals surface area (Å²) in [5, 5.41) is 2.11. The first-order chi connectivity index (χ1) is 4.61. The Bertz CT molecular complexity index is 182. The van der Waals surface area contributed by atoms with Gasteiger partial charge >= 0.3 is 0 Å². The maximum absolute atomic E-state index is 12.3. The monoisotopic (exact) mass is 146 g/mol. The fourth-order valence-corrected chi connectivity index (χ4v) is 0.822. The van der Waals surface area contributed by atoms with Gasteiger partial charge in [-0.1, -0.05) is 0 Å². The average Bonchev–Trinajstić information content (AvgIpc) is 2.13. The second-order valence-electron chi connectivity index (χ2n) is 2.17. The highest BCUT2D eigenvalue weighted by atomic mass is 19.1. The standard InChI is InChI=1S/C5H7FN2O2/c6-2-1-3(4(7)9)8-5(2)10/h2-3H,1H2,(H2,7,9)(H,8,10)/t2-,3+/m1/s1. The highest BCUT2D eigenvalue weighted by molar-refractivity contribution is 5.92. The number of hydrogen-bond donors (Lipinski definition) is 2. The van der Waals surface area contributed by atoms with Crippen molar-refractivity contribution in [1.82, 2.24) is 5.32 Å². The van der Waals surface area contributed by atoms with Gasteiger partial charge in [0.15, 0.2) is 6.17 Å². The van der Waals surface area contributed by atoms with E-state index in [0.717, 1.165) is 0 Å². The third-order valence-corrected chi connectivity index (χ3v) is 1.39. The first-order valence-electron chi connectivity index (χ1n) is 2.85. The lowest BCUT2D eigenvalue weighted by Crippen LogP contribution is -2.37. The van der Waals surface area contributed by atoms with Crippen molar-refractivity contribution in [1.29, 1.82) is 0 Å². The van der Waals surface area contributed by atoms with Crippen LogP contribution in [0.4, 0.5) is 4.39 Å². The van der Waals surface area contributed by atoms with E-state index in [1.165, 1.54) is 0 Å². The molecule has 56 valence electrons. The molecule has 0 spiro atoms. The summed E-state index contributed by atoms with van der Waals surface area (Å²) in [6, 6.07) is -0.817. The number of rotatable bonds is 1. The SMILES string of the molecule is NC(=O)[C@@H]1C[C@@H](F)C(=O)N1. The Morgan fingerprint density at radius 2 is 2.40 bits per heavy atom. The largest absolute Gasteiger partial charge is 0.368 e. The van der Waals surface area contributed by atoms with Gasteiger partial charge in [0.2, 0.25) is 5.91 Å². The molecule has 1 saturated heterocycles. The number of carbonyl (C=O) groups is 2. The highest BCUT2D eigenvalue weighted by Gasteiger charge is 2.34. The molecule has 0 aromatic rings. The number of amides is 2. The lowest BCUT2D eigenvalue weighted by Gasteiger charge is -2.00. The Kier molecular flexibility index (Phi) is 1.57. The van der Waals surface area contributed by atoms with E-state index in [0.29, 0.717) is 0 Å². The number of hydrogen-bond acceptors (Lipinski definition) is 2. The lowest BCUT2D eigenvalue weighted by atomic mass is 10.2. The van der Waals surface area contributed by atoms with Gasteiger partial charge in [0.25, 0.3) is 5.91 Å². The molecule has 1 heterocycles. The van der Waals surface area contributed by atoms with Gasteiger partial charge in [0.05, 0.1) is 0 Å². The molecule has 10 heavy (non-hydrogen) atoms. The molecule has 1 aliphatic rings. The van der Waals surface area contributed by atoms with Gasteiger partial charge in [-0.05, 0) is 0 Å². The minimum atomic E-state index is -1.57. The Morgan fingerprint density at radius 1 is 1.80 bits per heavy atom. The van der Waals surface area contributed by atoms with E-state index < -0.39 is 24.0 Å². The minimum absolute atomic E-state index is 0.131. The van der Waals surface area contributed by atoms with Crippen LogP contribution in [0.2, 0.25) is 0 Å². The number of alkyl halides is 1. The molecule has 2 amide bonds. The van der Waals surface area contributed by atoms with Gasteiger partial charge < -0.3 is 11.1 Å². The van der Waals surface area contributed by atoms with Crippen LogP contribution in [0.3, 0.4) is 0 Å². The number of carbonyl (C=O) groups excluding carboxylic acids is 2. The van der Waals surface area contributed by atoms with Crippen LogP contribution >= 0.6 is 0 Å². The number of primary amides is 1. The number of nitrogens with two attached hydrogens (primary N) is 1. The molecule has 0 saturated carbocycles. The van der Waals surface area contributed by atoms with Crippen molar-refractivity contribution in [2.24, 2.45) is 5.73 Å². The van der Waals surface area contributed by atoms with Gasteiger partial charge in [-0.25, -0.2) is 4.39 Å². The molecule has 2 atom stereocenters. The number of halogens is 1. The Morgan fingerprint density at radius 3 is 2.60 bits per heavy atom. The van der Waals surface area contributed by atoms with Crippen molar-refractivity contribution < 1.29 is 14.0 Å². The van der Waals surface area contributed by atoms with E-state index in [2.05, 4.69) is 5.32 Å². The summed E-state index contributed by atoms with van der Waals surface area (Å²) in [6.45, 7) is 0. The van der Waals surface area contributed by atoms with Crippen LogP contribution < -0.4 is 11.1 Å². The van der Waals surface area contributed by atoms with Gasteiger partial charge in [-0.15, -0.1) is 0 Å². The van der Waals surface area contributed by atoms with Crippen molar-refractivity contribution in [3.05, 3.63) is 0 Å². The second kappa shape index (κ2) is 2.24. The predicted molar refractivity (Wildman–Crippen MR) is 30.6 cm³/mol. The topological polar surface area (TPSA) is 72.2 Å². The molecule has 0 aromatic carbocycles. The van der Waals surface area contributed by atoms with Crippen LogP contribution in [0.1, 0.15) is 6.42 Å². The van der Waals surface area contributed by atoms with Crippen molar-refractivity contribution in [3.8, 4) is 0 Å². The van der Waals surface area contributed by atoms with E-state index >= 15 is 0 Å². The van der Waals surface area contributed by atoms with Crippen LogP contribution in [-0.4, -0.2) is 24.0 Å². The second-order valence-corrected chi connectivity index (χ2v) is 2.17. The summed E-state index contributed by atoms with van der Waals surface area (Å²) in [6.07, 6.45) is -1.70. The quantitative estimate of drug-likeness (QED) is 0.482. The maximum Gasteiger partial charge on any atom is 0.255 e. The van der Waals surface area contributed by atoms with Crippen molar-refractivity contribution in [3.63, 3.8) is 0 Å².